The lowest BCUT2D eigenvalue weighted by Crippen LogP contribution is -2.23. The molecule has 1 aliphatic rings. The van der Waals surface area contributed by atoms with Gasteiger partial charge in [-0.15, -0.1) is 0 Å². The molecular weight excluding hydrogens is 380 g/mol. The molecule has 1 aliphatic heterocycles. The number of likely N-dealkylation sites (tertiary alicyclic amines) is 1. The maximum absolute atomic E-state index is 8.96. The third kappa shape index (κ3) is 4.64. The fourth-order valence-corrected chi connectivity index (χ4v) is 3.61. The van der Waals surface area contributed by atoms with E-state index in [0.29, 0.717) is 30.4 Å². The predicted octanol–water partition coefficient (Wildman–Crippen LogP) is 3.40. The first-order valence-electron chi connectivity index (χ1n) is 10.0. The van der Waals surface area contributed by atoms with Crippen LogP contribution in [0.1, 0.15) is 35.9 Å². The van der Waals surface area contributed by atoms with Crippen LogP contribution in [0, 0.1) is 11.3 Å². The highest BCUT2D eigenvalue weighted by molar-refractivity contribution is 5.55. The van der Waals surface area contributed by atoms with E-state index in [9.17, 15) is 0 Å². The topological polar surface area (TPSA) is 100 Å². The van der Waals surface area contributed by atoms with Crippen molar-refractivity contribution in [1.29, 1.82) is 5.26 Å². The number of hydrogen-bond donors (Lipinski definition) is 1. The molecule has 3 heterocycles. The third-order valence-electron chi connectivity index (χ3n) is 5.19. The lowest BCUT2D eigenvalue weighted by molar-refractivity contribution is 0.201. The first-order chi connectivity index (χ1) is 14.8. The van der Waals surface area contributed by atoms with Crippen LogP contribution in [0.4, 0.5) is 5.82 Å². The minimum atomic E-state index is 0.102. The molecule has 0 unspecified atom stereocenters. The van der Waals surface area contributed by atoms with Gasteiger partial charge in [-0.05, 0) is 49.2 Å². The monoisotopic (exact) mass is 404 g/mol. The summed E-state index contributed by atoms with van der Waals surface area (Å²) < 4.78 is 10.6. The highest BCUT2D eigenvalue weighted by atomic mass is 16.5. The molecule has 154 valence electrons. The van der Waals surface area contributed by atoms with E-state index in [2.05, 4.69) is 31.4 Å². The molecule has 1 N–H and O–H groups in total. The number of aromatic nitrogens is 3. The van der Waals surface area contributed by atoms with Crippen molar-refractivity contribution in [3.63, 3.8) is 0 Å². The number of anilines is 1. The van der Waals surface area contributed by atoms with Crippen LogP contribution in [0.2, 0.25) is 0 Å². The second-order valence-corrected chi connectivity index (χ2v) is 7.25. The van der Waals surface area contributed by atoms with Crippen molar-refractivity contribution in [2.45, 2.75) is 25.4 Å². The molecule has 0 aliphatic carbocycles. The second kappa shape index (κ2) is 9.48. The average molecular weight is 404 g/mol. The molecule has 0 amide bonds. The van der Waals surface area contributed by atoms with E-state index in [0.717, 1.165) is 37.3 Å². The summed E-state index contributed by atoms with van der Waals surface area (Å²) in [5, 5.41) is 16.3. The van der Waals surface area contributed by atoms with Gasteiger partial charge in [0.25, 0.3) is 0 Å². The van der Waals surface area contributed by atoms with Crippen LogP contribution in [0.3, 0.4) is 0 Å². The van der Waals surface area contributed by atoms with Gasteiger partial charge >= 0.3 is 0 Å². The van der Waals surface area contributed by atoms with Gasteiger partial charge < -0.3 is 14.6 Å². The van der Waals surface area contributed by atoms with E-state index in [-0.39, 0.29) is 6.04 Å². The van der Waals surface area contributed by atoms with E-state index in [1.165, 1.54) is 5.56 Å². The quantitative estimate of drug-likeness (QED) is 0.570. The first kappa shape index (κ1) is 20.0. The summed E-state index contributed by atoms with van der Waals surface area (Å²) in [5.41, 5.74) is 2.66. The van der Waals surface area contributed by atoms with Crippen molar-refractivity contribution in [3.8, 4) is 17.5 Å². The molecule has 4 rings (SSSR count). The zero-order valence-electron chi connectivity index (χ0n) is 16.9. The van der Waals surface area contributed by atoms with Crippen LogP contribution in [0.15, 0.2) is 47.1 Å². The summed E-state index contributed by atoms with van der Waals surface area (Å²) in [6.07, 6.45) is 3.81. The van der Waals surface area contributed by atoms with Gasteiger partial charge in [0, 0.05) is 32.0 Å². The van der Waals surface area contributed by atoms with E-state index >= 15 is 0 Å². The zero-order chi connectivity index (χ0) is 20.8. The van der Waals surface area contributed by atoms with Crippen molar-refractivity contribution >= 4 is 5.82 Å². The lowest BCUT2D eigenvalue weighted by atomic mass is 10.1. The van der Waals surface area contributed by atoms with Gasteiger partial charge in [-0.3, -0.25) is 4.90 Å². The maximum Gasteiger partial charge on any atom is 0.244 e. The molecule has 1 saturated heterocycles. The molecule has 30 heavy (non-hydrogen) atoms. The molecule has 0 spiro atoms. The Morgan fingerprint density at radius 1 is 1.27 bits per heavy atom. The van der Waals surface area contributed by atoms with Crippen LogP contribution < -0.4 is 5.32 Å². The molecule has 8 heteroatoms. The Bertz CT molecular complexity index is 994. The summed E-state index contributed by atoms with van der Waals surface area (Å²) in [5.74, 6) is 1.97. The van der Waals surface area contributed by atoms with E-state index in [1.54, 1.807) is 13.3 Å². The lowest BCUT2D eigenvalue weighted by Gasteiger charge is -2.21. The third-order valence-corrected chi connectivity index (χ3v) is 5.19. The maximum atomic E-state index is 8.96. The molecule has 8 nitrogen and oxygen atoms in total. The molecule has 1 atom stereocenters. The highest BCUT2D eigenvalue weighted by Gasteiger charge is 2.30. The fourth-order valence-electron chi connectivity index (χ4n) is 3.61. The molecular formula is C22H24N6O2. The van der Waals surface area contributed by atoms with E-state index in [4.69, 9.17) is 14.5 Å². The number of rotatable bonds is 8. The Morgan fingerprint density at radius 2 is 2.13 bits per heavy atom. The summed E-state index contributed by atoms with van der Waals surface area (Å²) >= 11 is 0. The molecule has 0 bridgehead atoms. The van der Waals surface area contributed by atoms with Crippen molar-refractivity contribution in [1.82, 2.24) is 20.0 Å². The molecule has 0 radical (unpaired) electrons. The zero-order valence-corrected chi connectivity index (χ0v) is 16.9. The van der Waals surface area contributed by atoms with Gasteiger partial charge in [0.1, 0.15) is 5.82 Å². The largest absolute Gasteiger partial charge is 0.383 e. The van der Waals surface area contributed by atoms with E-state index in [1.807, 2.05) is 36.4 Å². The van der Waals surface area contributed by atoms with Gasteiger partial charge in [-0.25, -0.2) is 4.98 Å². The van der Waals surface area contributed by atoms with Crippen molar-refractivity contribution in [3.05, 3.63) is 59.6 Å². The van der Waals surface area contributed by atoms with Crippen LogP contribution in [0.5, 0.6) is 0 Å². The summed E-state index contributed by atoms with van der Waals surface area (Å²) in [4.78, 5) is 11.4. The Kier molecular flexibility index (Phi) is 6.32. The minimum Gasteiger partial charge on any atom is -0.383 e. The molecule has 2 aromatic heterocycles. The number of nitrogens with one attached hydrogen (secondary N) is 1. The number of methoxy groups -OCH3 is 1. The standard InChI is InChI=1S/C22H24N6O2/c1-29-12-10-24-20-9-8-18(14-25-20)21-26-22(30-27-21)19-3-2-11-28(19)15-17-6-4-16(13-23)5-7-17/h4-9,14,19H,2-3,10-12,15H2,1H3,(H,24,25)/t19-/m0/s1. The number of hydrogen-bond acceptors (Lipinski definition) is 8. The minimum absolute atomic E-state index is 0.102. The van der Waals surface area contributed by atoms with Crippen LogP contribution >= 0.6 is 0 Å². The number of nitrogens with zero attached hydrogens (tertiary/aromatic N) is 5. The SMILES string of the molecule is COCCNc1ccc(-c2noc([C@@H]3CCCN3Cc3ccc(C#N)cc3)n2)cn1. The number of benzene rings is 1. The van der Waals surface area contributed by atoms with Crippen molar-refractivity contribution < 1.29 is 9.26 Å². The van der Waals surface area contributed by atoms with Crippen molar-refractivity contribution in [2.24, 2.45) is 0 Å². The summed E-state index contributed by atoms with van der Waals surface area (Å²) in [6, 6.07) is 13.8. The van der Waals surface area contributed by atoms with Crippen LogP contribution in [0.25, 0.3) is 11.4 Å². The van der Waals surface area contributed by atoms with Gasteiger partial charge in [0.2, 0.25) is 11.7 Å². The van der Waals surface area contributed by atoms with Crippen LogP contribution in [-0.4, -0.2) is 46.8 Å². The predicted molar refractivity (Wildman–Crippen MR) is 111 cm³/mol. The van der Waals surface area contributed by atoms with Gasteiger partial charge in [0.15, 0.2) is 0 Å². The average Bonchev–Trinajstić information content (AvgIpc) is 3.44. The summed E-state index contributed by atoms with van der Waals surface area (Å²) in [6.45, 7) is 3.09. The van der Waals surface area contributed by atoms with Crippen LogP contribution in [-0.2, 0) is 11.3 Å². The molecule has 3 aromatic rings. The number of pyridine rings is 1. The Labute approximate surface area is 175 Å². The van der Waals surface area contributed by atoms with Crippen molar-refractivity contribution in [2.75, 3.05) is 32.1 Å². The molecule has 1 fully saturated rings. The van der Waals surface area contributed by atoms with Gasteiger partial charge in [-0.2, -0.15) is 10.2 Å². The second-order valence-electron chi connectivity index (χ2n) is 7.25. The smallest absolute Gasteiger partial charge is 0.244 e. The highest BCUT2D eigenvalue weighted by Crippen LogP contribution is 2.33. The molecule has 0 saturated carbocycles. The Morgan fingerprint density at radius 3 is 2.87 bits per heavy atom. The van der Waals surface area contributed by atoms with E-state index < -0.39 is 0 Å². The molecule has 1 aromatic carbocycles. The first-order valence-corrected chi connectivity index (χ1v) is 10.0. The van der Waals surface area contributed by atoms with Gasteiger partial charge in [-0.1, -0.05) is 17.3 Å². The normalized spacial score (nSPS) is 16.5. The Hall–Kier alpha value is -3.28. The number of ether oxygens (including phenoxy) is 1. The summed E-state index contributed by atoms with van der Waals surface area (Å²) in [7, 11) is 1.67. The van der Waals surface area contributed by atoms with Gasteiger partial charge in [0.05, 0.1) is 24.3 Å². The Balaban J connectivity index is 1.42. The fraction of sp³-hybridized carbons (Fsp3) is 0.364. The number of nitriles is 1.